The van der Waals surface area contributed by atoms with Crippen molar-refractivity contribution >= 4 is 11.9 Å². The lowest BCUT2D eigenvalue weighted by Crippen LogP contribution is -2.33. The Bertz CT molecular complexity index is 843. The second-order valence-corrected chi connectivity index (χ2v) is 6.35. The molecule has 0 aliphatic rings. The van der Waals surface area contributed by atoms with Gasteiger partial charge in [0.1, 0.15) is 5.69 Å². The van der Waals surface area contributed by atoms with Crippen molar-refractivity contribution in [2.75, 3.05) is 7.11 Å². The molecule has 1 aromatic carbocycles. The molecule has 1 amide bonds. The second kappa shape index (κ2) is 9.66. The van der Waals surface area contributed by atoms with Crippen LogP contribution in [0.25, 0.3) is 0 Å². The van der Waals surface area contributed by atoms with E-state index in [1.165, 1.54) is 23.9 Å². The molecule has 0 saturated carbocycles. The summed E-state index contributed by atoms with van der Waals surface area (Å²) in [5.74, 6) is -0.878. The first-order valence-electron chi connectivity index (χ1n) is 8.97. The maximum absolute atomic E-state index is 12.7. The van der Waals surface area contributed by atoms with Crippen LogP contribution in [-0.4, -0.2) is 28.8 Å². The Kier molecular flexibility index (Phi) is 7.28. The predicted octanol–water partition coefficient (Wildman–Crippen LogP) is 2.39. The van der Waals surface area contributed by atoms with Crippen molar-refractivity contribution < 1.29 is 14.3 Å². The Morgan fingerprint density at radius 3 is 2.52 bits per heavy atom. The van der Waals surface area contributed by atoms with Crippen molar-refractivity contribution in [3.63, 3.8) is 0 Å². The summed E-state index contributed by atoms with van der Waals surface area (Å²) in [6.07, 6.45) is 1.71. The van der Waals surface area contributed by atoms with Crippen LogP contribution in [0.5, 0.6) is 0 Å². The minimum absolute atomic E-state index is 0.000769. The van der Waals surface area contributed by atoms with Crippen molar-refractivity contribution in [3.05, 3.63) is 63.6 Å². The monoisotopic (exact) mass is 371 g/mol. The Hall–Kier alpha value is -2.96. The van der Waals surface area contributed by atoms with E-state index in [1.54, 1.807) is 0 Å². The second-order valence-electron chi connectivity index (χ2n) is 6.35. The summed E-state index contributed by atoms with van der Waals surface area (Å²) in [5.41, 5.74) is 1.75. The molecule has 1 atom stereocenters. The van der Waals surface area contributed by atoms with Crippen molar-refractivity contribution in [1.82, 2.24) is 15.1 Å². The molecule has 0 saturated heterocycles. The van der Waals surface area contributed by atoms with Crippen LogP contribution < -0.4 is 10.9 Å². The molecule has 0 spiro atoms. The molecular weight excluding hydrogens is 346 g/mol. The summed E-state index contributed by atoms with van der Waals surface area (Å²) in [7, 11) is 1.31. The van der Waals surface area contributed by atoms with Gasteiger partial charge in [0.2, 0.25) is 0 Å². The van der Waals surface area contributed by atoms with Gasteiger partial charge in [-0.2, -0.15) is 5.10 Å². The van der Waals surface area contributed by atoms with Crippen LogP contribution in [0.2, 0.25) is 0 Å². The standard InChI is InChI=1S/C20H25N3O4/c1-4-5-12-23-18(24)11-10-16(22-23)20(26)21-17(13-19(25)27-3)15-8-6-14(2)7-9-15/h6-11,17H,4-5,12-13H2,1-3H3,(H,21,26)/t17-/m0/s1. The molecule has 2 rings (SSSR count). The van der Waals surface area contributed by atoms with Crippen LogP contribution in [0.4, 0.5) is 0 Å². The molecule has 1 aromatic heterocycles. The molecule has 0 unspecified atom stereocenters. The normalized spacial score (nSPS) is 11.7. The van der Waals surface area contributed by atoms with Crippen LogP contribution in [0.3, 0.4) is 0 Å². The molecule has 144 valence electrons. The Labute approximate surface area is 158 Å². The van der Waals surface area contributed by atoms with E-state index in [2.05, 4.69) is 10.4 Å². The summed E-state index contributed by atoms with van der Waals surface area (Å²) >= 11 is 0. The molecule has 0 aliphatic heterocycles. The number of ether oxygens (including phenoxy) is 1. The average molecular weight is 371 g/mol. The zero-order valence-corrected chi connectivity index (χ0v) is 15.9. The number of aromatic nitrogens is 2. The topological polar surface area (TPSA) is 90.3 Å². The smallest absolute Gasteiger partial charge is 0.307 e. The first-order chi connectivity index (χ1) is 12.9. The van der Waals surface area contributed by atoms with Crippen LogP contribution in [0.1, 0.15) is 53.8 Å². The van der Waals surface area contributed by atoms with Crippen LogP contribution in [0, 0.1) is 6.92 Å². The largest absolute Gasteiger partial charge is 0.469 e. The van der Waals surface area contributed by atoms with Gasteiger partial charge in [-0.25, -0.2) is 4.68 Å². The summed E-state index contributed by atoms with van der Waals surface area (Å²) in [6.45, 7) is 4.43. The number of carbonyl (C=O) groups excluding carboxylic acids is 2. The number of carbonyl (C=O) groups is 2. The zero-order chi connectivity index (χ0) is 19.8. The number of methoxy groups -OCH3 is 1. The Morgan fingerprint density at radius 2 is 1.89 bits per heavy atom. The van der Waals surface area contributed by atoms with E-state index in [0.29, 0.717) is 6.54 Å². The molecule has 1 N–H and O–H groups in total. The predicted molar refractivity (Wildman–Crippen MR) is 101 cm³/mol. The fourth-order valence-corrected chi connectivity index (χ4v) is 2.57. The van der Waals surface area contributed by atoms with Gasteiger partial charge >= 0.3 is 5.97 Å². The lowest BCUT2D eigenvalue weighted by atomic mass is 10.0. The van der Waals surface area contributed by atoms with E-state index in [0.717, 1.165) is 24.0 Å². The van der Waals surface area contributed by atoms with Gasteiger partial charge in [-0.05, 0) is 25.0 Å². The number of hydrogen-bond acceptors (Lipinski definition) is 5. The number of nitrogens with one attached hydrogen (secondary N) is 1. The molecular formula is C20H25N3O4. The number of benzene rings is 1. The molecule has 7 heteroatoms. The van der Waals surface area contributed by atoms with Crippen molar-refractivity contribution in [2.24, 2.45) is 0 Å². The minimum atomic E-state index is -0.552. The maximum atomic E-state index is 12.7. The van der Waals surface area contributed by atoms with Gasteiger partial charge < -0.3 is 10.1 Å². The SMILES string of the molecule is CCCCn1nc(C(=O)N[C@@H](CC(=O)OC)c2ccc(C)cc2)ccc1=O. The van der Waals surface area contributed by atoms with Gasteiger partial charge in [-0.15, -0.1) is 0 Å². The maximum Gasteiger partial charge on any atom is 0.307 e. The van der Waals surface area contributed by atoms with Gasteiger partial charge in [-0.1, -0.05) is 43.2 Å². The van der Waals surface area contributed by atoms with Gasteiger partial charge in [-0.3, -0.25) is 14.4 Å². The molecule has 0 radical (unpaired) electrons. The number of amides is 1. The number of hydrogen-bond donors (Lipinski definition) is 1. The number of unbranched alkanes of at least 4 members (excludes halogenated alkanes) is 1. The molecule has 7 nitrogen and oxygen atoms in total. The van der Waals surface area contributed by atoms with Gasteiger partial charge in [0.15, 0.2) is 0 Å². The lowest BCUT2D eigenvalue weighted by molar-refractivity contribution is -0.141. The Balaban J connectivity index is 2.23. The molecule has 0 bridgehead atoms. The lowest BCUT2D eigenvalue weighted by Gasteiger charge is -2.18. The van der Waals surface area contributed by atoms with E-state index in [4.69, 9.17) is 4.74 Å². The van der Waals surface area contributed by atoms with Gasteiger partial charge in [0, 0.05) is 12.6 Å². The third-order valence-corrected chi connectivity index (χ3v) is 4.21. The van der Waals surface area contributed by atoms with Crippen molar-refractivity contribution in [3.8, 4) is 0 Å². The van der Waals surface area contributed by atoms with E-state index >= 15 is 0 Å². The molecule has 1 heterocycles. The number of rotatable bonds is 8. The molecule has 2 aromatic rings. The fraction of sp³-hybridized carbons (Fsp3) is 0.400. The number of esters is 1. The highest BCUT2D eigenvalue weighted by Crippen LogP contribution is 2.18. The average Bonchev–Trinajstić information content (AvgIpc) is 2.67. The summed E-state index contributed by atoms with van der Waals surface area (Å²) in [5, 5.41) is 6.97. The molecule has 27 heavy (non-hydrogen) atoms. The van der Waals surface area contributed by atoms with Crippen LogP contribution >= 0.6 is 0 Å². The summed E-state index contributed by atoms with van der Waals surface area (Å²) in [6, 6.07) is 9.72. The van der Waals surface area contributed by atoms with E-state index in [-0.39, 0.29) is 17.7 Å². The first-order valence-corrected chi connectivity index (χ1v) is 8.97. The quantitative estimate of drug-likeness (QED) is 0.720. The number of nitrogens with zero attached hydrogens (tertiary/aromatic N) is 2. The van der Waals surface area contributed by atoms with E-state index in [1.807, 2.05) is 38.1 Å². The van der Waals surface area contributed by atoms with Crippen molar-refractivity contribution in [2.45, 2.75) is 45.7 Å². The fourth-order valence-electron chi connectivity index (χ4n) is 2.57. The minimum Gasteiger partial charge on any atom is -0.469 e. The Morgan fingerprint density at radius 1 is 1.19 bits per heavy atom. The highest BCUT2D eigenvalue weighted by Gasteiger charge is 2.21. The van der Waals surface area contributed by atoms with E-state index in [9.17, 15) is 14.4 Å². The van der Waals surface area contributed by atoms with Gasteiger partial charge in [0.25, 0.3) is 11.5 Å². The van der Waals surface area contributed by atoms with Gasteiger partial charge in [0.05, 0.1) is 19.6 Å². The third kappa shape index (κ3) is 5.77. The summed E-state index contributed by atoms with van der Waals surface area (Å²) in [4.78, 5) is 36.3. The van der Waals surface area contributed by atoms with Crippen LogP contribution in [0.15, 0.2) is 41.2 Å². The van der Waals surface area contributed by atoms with Crippen LogP contribution in [-0.2, 0) is 16.1 Å². The third-order valence-electron chi connectivity index (χ3n) is 4.21. The zero-order valence-electron chi connectivity index (χ0n) is 15.9. The molecule has 0 aliphatic carbocycles. The first kappa shape index (κ1) is 20.4. The summed E-state index contributed by atoms with van der Waals surface area (Å²) < 4.78 is 6.03. The highest BCUT2D eigenvalue weighted by atomic mass is 16.5. The molecule has 0 fully saturated rings. The van der Waals surface area contributed by atoms with E-state index < -0.39 is 17.9 Å². The highest BCUT2D eigenvalue weighted by molar-refractivity contribution is 5.92. The van der Waals surface area contributed by atoms with Crippen molar-refractivity contribution in [1.29, 1.82) is 0 Å². The number of aryl methyl sites for hydroxylation is 2.